The number of nitrogens with zero attached hydrogens (tertiary/aromatic N) is 3. The minimum Gasteiger partial charge on any atom is -0.497 e. The molecule has 2 saturated heterocycles. The molecule has 32 heavy (non-hydrogen) atoms. The summed E-state index contributed by atoms with van der Waals surface area (Å²) in [5, 5.41) is 3.46. The summed E-state index contributed by atoms with van der Waals surface area (Å²) >= 11 is 0. The molecule has 2 fully saturated rings. The van der Waals surface area contributed by atoms with Crippen LogP contribution in [0.1, 0.15) is 51.1 Å². The minimum absolute atomic E-state index is 0. The monoisotopic (exact) mass is 558 g/mol. The Kier molecular flexibility index (Phi) is 11.6. The van der Waals surface area contributed by atoms with E-state index in [-0.39, 0.29) is 41.9 Å². The lowest BCUT2D eigenvalue weighted by molar-refractivity contribution is -0.149. The van der Waals surface area contributed by atoms with Gasteiger partial charge in [-0.05, 0) is 70.3 Å². The van der Waals surface area contributed by atoms with E-state index in [1.165, 1.54) is 18.4 Å². The van der Waals surface area contributed by atoms with Gasteiger partial charge in [-0.3, -0.25) is 14.7 Å². The van der Waals surface area contributed by atoms with E-state index in [0.29, 0.717) is 13.2 Å². The molecule has 2 aliphatic rings. The fourth-order valence-corrected chi connectivity index (χ4v) is 4.50. The van der Waals surface area contributed by atoms with E-state index in [4.69, 9.17) is 14.5 Å². The Morgan fingerprint density at radius 3 is 2.34 bits per heavy atom. The smallest absolute Gasteiger partial charge is 0.309 e. The summed E-state index contributed by atoms with van der Waals surface area (Å²) in [6.07, 6.45) is 4.13. The number of carbonyl (C=O) groups is 1. The second-order valence-electron chi connectivity index (χ2n) is 8.24. The van der Waals surface area contributed by atoms with Crippen LogP contribution in [0.3, 0.4) is 0 Å². The Hall–Kier alpha value is -1.55. The van der Waals surface area contributed by atoms with Crippen molar-refractivity contribution in [2.75, 3.05) is 53.0 Å². The van der Waals surface area contributed by atoms with Crippen LogP contribution in [0.5, 0.6) is 5.75 Å². The highest BCUT2D eigenvalue weighted by Crippen LogP contribution is 2.27. The number of methoxy groups -OCH3 is 1. The number of likely N-dealkylation sites (tertiary alicyclic amines) is 2. The molecule has 0 radical (unpaired) electrons. The van der Waals surface area contributed by atoms with Crippen LogP contribution in [0, 0.1) is 5.92 Å². The highest BCUT2D eigenvalue weighted by atomic mass is 127. The summed E-state index contributed by atoms with van der Waals surface area (Å²) in [6, 6.07) is 8.66. The number of rotatable bonds is 8. The number of guanidine groups is 1. The van der Waals surface area contributed by atoms with E-state index in [1.807, 2.05) is 19.1 Å². The maximum Gasteiger partial charge on any atom is 0.309 e. The average Bonchev–Trinajstić information content (AvgIpc) is 3.34. The lowest BCUT2D eigenvalue weighted by Gasteiger charge is -2.34. The molecule has 1 unspecified atom stereocenters. The van der Waals surface area contributed by atoms with E-state index in [9.17, 15) is 4.79 Å². The van der Waals surface area contributed by atoms with Gasteiger partial charge >= 0.3 is 5.97 Å². The fourth-order valence-electron chi connectivity index (χ4n) is 4.50. The molecule has 0 spiro atoms. The van der Waals surface area contributed by atoms with Crippen molar-refractivity contribution in [3.63, 3.8) is 0 Å². The minimum atomic E-state index is -0.0577. The van der Waals surface area contributed by atoms with Crippen LogP contribution in [0.15, 0.2) is 29.3 Å². The van der Waals surface area contributed by atoms with Gasteiger partial charge < -0.3 is 19.7 Å². The van der Waals surface area contributed by atoms with Crippen molar-refractivity contribution < 1.29 is 14.3 Å². The first-order valence-corrected chi connectivity index (χ1v) is 11.7. The number of nitrogens with one attached hydrogen (secondary N) is 1. The molecule has 8 heteroatoms. The van der Waals surface area contributed by atoms with Crippen molar-refractivity contribution in [2.45, 2.75) is 45.6 Å². The summed E-state index contributed by atoms with van der Waals surface area (Å²) in [5.41, 5.74) is 1.28. The zero-order valence-corrected chi connectivity index (χ0v) is 22.0. The van der Waals surface area contributed by atoms with E-state index in [0.717, 1.165) is 57.3 Å². The van der Waals surface area contributed by atoms with E-state index >= 15 is 0 Å². The third kappa shape index (κ3) is 7.23. The SMILES string of the molecule is CCNC(=NCC(c1ccc(OC)cc1)N1CCCC1)N1CCC(C(=O)OCC)CC1.I. The second-order valence-corrected chi connectivity index (χ2v) is 8.24. The lowest BCUT2D eigenvalue weighted by Crippen LogP contribution is -2.47. The molecule has 0 amide bonds. The number of hydrogen-bond acceptors (Lipinski definition) is 5. The Morgan fingerprint density at radius 1 is 1.12 bits per heavy atom. The first-order chi connectivity index (χ1) is 15.2. The van der Waals surface area contributed by atoms with Crippen molar-refractivity contribution in [2.24, 2.45) is 10.9 Å². The van der Waals surface area contributed by atoms with Gasteiger partial charge in [0.1, 0.15) is 5.75 Å². The fraction of sp³-hybridized carbons (Fsp3) is 0.667. The molecule has 1 N–H and O–H groups in total. The predicted molar refractivity (Wildman–Crippen MR) is 139 cm³/mol. The second kappa shape index (κ2) is 13.9. The van der Waals surface area contributed by atoms with Gasteiger partial charge in [-0.2, -0.15) is 0 Å². The summed E-state index contributed by atoms with van der Waals surface area (Å²) in [5.74, 6) is 1.78. The summed E-state index contributed by atoms with van der Waals surface area (Å²) in [7, 11) is 1.70. The first-order valence-electron chi connectivity index (χ1n) is 11.7. The lowest BCUT2D eigenvalue weighted by atomic mass is 9.97. The first kappa shape index (κ1) is 26.7. The van der Waals surface area contributed by atoms with Gasteiger partial charge in [-0.15, -0.1) is 24.0 Å². The molecule has 1 atom stereocenters. The Labute approximate surface area is 209 Å². The highest BCUT2D eigenvalue weighted by molar-refractivity contribution is 14.0. The molecule has 2 heterocycles. The number of ether oxygens (including phenoxy) is 2. The molecule has 7 nitrogen and oxygen atoms in total. The molecule has 3 rings (SSSR count). The number of carbonyl (C=O) groups excluding carboxylic acids is 1. The van der Waals surface area contributed by atoms with Crippen molar-refractivity contribution >= 4 is 35.9 Å². The molecule has 1 aromatic rings. The van der Waals surface area contributed by atoms with Gasteiger partial charge in [-0.25, -0.2) is 0 Å². The normalized spacial score (nSPS) is 18.7. The molecule has 0 aromatic heterocycles. The van der Waals surface area contributed by atoms with Crippen LogP contribution in [0.4, 0.5) is 0 Å². The summed E-state index contributed by atoms with van der Waals surface area (Å²) in [6.45, 7) is 9.84. The van der Waals surface area contributed by atoms with Gasteiger partial charge in [0.25, 0.3) is 0 Å². The van der Waals surface area contributed by atoms with Crippen LogP contribution in [-0.4, -0.2) is 74.7 Å². The zero-order chi connectivity index (χ0) is 22.1. The standard InChI is InChI=1S/C24H38N4O3.HI/c1-4-25-24(28-16-12-20(13-17-28)23(29)31-5-2)26-18-22(27-14-6-7-15-27)19-8-10-21(30-3)11-9-19;/h8-11,20,22H,4-7,12-18H2,1-3H3,(H,25,26);1H. The number of aliphatic imine (C=N–C) groups is 1. The Morgan fingerprint density at radius 2 is 1.78 bits per heavy atom. The maximum absolute atomic E-state index is 12.1. The van der Waals surface area contributed by atoms with Gasteiger partial charge in [0, 0.05) is 19.6 Å². The number of piperidine rings is 1. The number of halogens is 1. The van der Waals surface area contributed by atoms with Crippen LogP contribution < -0.4 is 10.1 Å². The van der Waals surface area contributed by atoms with Crippen molar-refractivity contribution in [3.05, 3.63) is 29.8 Å². The van der Waals surface area contributed by atoms with Crippen LogP contribution in [0.2, 0.25) is 0 Å². The van der Waals surface area contributed by atoms with Gasteiger partial charge in [0.15, 0.2) is 5.96 Å². The summed E-state index contributed by atoms with van der Waals surface area (Å²) in [4.78, 5) is 21.9. The highest BCUT2D eigenvalue weighted by Gasteiger charge is 2.28. The Balaban J connectivity index is 0.00000363. The zero-order valence-electron chi connectivity index (χ0n) is 19.7. The van der Waals surface area contributed by atoms with Gasteiger partial charge in [-0.1, -0.05) is 12.1 Å². The molecule has 0 bridgehead atoms. The molecule has 180 valence electrons. The number of benzene rings is 1. The van der Waals surface area contributed by atoms with Crippen LogP contribution >= 0.6 is 24.0 Å². The maximum atomic E-state index is 12.1. The largest absolute Gasteiger partial charge is 0.497 e. The molecule has 2 aliphatic heterocycles. The quantitative estimate of drug-likeness (QED) is 0.227. The molecule has 0 saturated carbocycles. The number of esters is 1. The van der Waals surface area contributed by atoms with Gasteiger partial charge in [0.05, 0.1) is 32.2 Å². The molecular formula is C24H39IN4O3. The van der Waals surface area contributed by atoms with Crippen molar-refractivity contribution in [1.29, 1.82) is 0 Å². The van der Waals surface area contributed by atoms with E-state index in [1.54, 1.807) is 7.11 Å². The van der Waals surface area contributed by atoms with Crippen molar-refractivity contribution in [3.8, 4) is 5.75 Å². The topological polar surface area (TPSA) is 66.4 Å². The van der Waals surface area contributed by atoms with Crippen molar-refractivity contribution in [1.82, 2.24) is 15.1 Å². The van der Waals surface area contributed by atoms with E-state index in [2.05, 4.69) is 34.2 Å². The van der Waals surface area contributed by atoms with Crippen LogP contribution in [0.25, 0.3) is 0 Å². The predicted octanol–water partition coefficient (Wildman–Crippen LogP) is 3.69. The summed E-state index contributed by atoms with van der Waals surface area (Å²) < 4.78 is 10.5. The van der Waals surface area contributed by atoms with E-state index < -0.39 is 0 Å². The number of hydrogen-bond donors (Lipinski definition) is 1. The molecule has 1 aromatic carbocycles. The molecule has 0 aliphatic carbocycles. The van der Waals surface area contributed by atoms with Gasteiger partial charge in [0.2, 0.25) is 0 Å². The third-order valence-corrected chi connectivity index (χ3v) is 6.25. The molecular weight excluding hydrogens is 519 g/mol. The third-order valence-electron chi connectivity index (χ3n) is 6.25. The van der Waals surface area contributed by atoms with Crippen LogP contribution in [-0.2, 0) is 9.53 Å². The average molecular weight is 559 g/mol. The Bertz CT molecular complexity index is 714.